The van der Waals surface area contributed by atoms with Gasteiger partial charge in [-0.1, -0.05) is 12.1 Å². The van der Waals surface area contributed by atoms with Gasteiger partial charge in [0, 0.05) is 17.7 Å². The Hall–Kier alpha value is -1.75. The Labute approximate surface area is 102 Å². The number of fused-ring (bicyclic) bond motifs is 1. The maximum absolute atomic E-state index is 11.8. The summed E-state index contributed by atoms with van der Waals surface area (Å²) in [5.41, 5.74) is 1.50. The van der Waals surface area contributed by atoms with Gasteiger partial charge in [0.1, 0.15) is 11.6 Å². The lowest BCUT2D eigenvalue weighted by Gasteiger charge is -2.03. The van der Waals surface area contributed by atoms with Gasteiger partial charge in [0.15, 0.2) is 0 Å². The Bertz CT molecular complexity index is 637. The Morgan fingerprint density at radius 3 is 3.12 bits per heavy atom. The van der Waals surface area contributed by atoms with E-state index in [2.05, 4.69) is 9.97 Å². The maximum atomic E-state index is 11.8. The molecule has 0 saturated carbocycles. The van der Waals surface area contributed by atoms with E-state index < -0.39 is 0 Å². The van der Waals surface area contributed by atoms with Gasteiger partial charge in [-0.15, -0.1) is 11.8 Å². The molecule has 0 bridgehead atoms. The quantitative estimate of drug-likeness (QED) is 0.805. The number of nitrogens with one attached hydrogen (secondary N) is 1. The maximum Gasteiger partial charge on any atom is 0.265 e. The van der Waals surface area contributed by atoms with Gasteiger partial charge in [0.05, 0.1) is 10.6 Å². The number of H-pyrrole nitrogens is 1. The Morgan fingerprint density at radius 2 is 2.29 bits per heavy atom. The number of rotatable bonds is 1. The zero-order chi connectivity index (χ0) is 11.8. The average Bonchev–Trinajstić information content (AvgIpc) is 2.77. The molecule has 0 amide bonds. The molecule has 3 rings (SSSR count). The van der Waals surface area contributed by atoms with Crippen molar-refractivity contribution in [1.29, 1.82) is 0 Å². The predicted molar refractivity (Wildman–Crippen MR) is 66.4 cm³/mol. The van der Waals surface area contributed by atoms with Crippen LogP contribution in [0.1, 0.15) is 5.69 Å². The summed E-state index contributed by atoms with van der Waals surface area (Å²) in [7, 11) is 0. The molecule has 5 heteroatoms. The molecule has 17 heavy (non-hydrogen) atoms. The van der Waals surface area contributed by atoms with Gasteiger partial charge in [-0.2, -0.15) is 0 Å². The number of hydrogen-bond acceptors (Lipinski definition) is 4. The third-order valence-corrected chi connectivity index (χ3v) is 3.77. The number of aryl methyl sites for hydroxylation is 1. The molecule has 0 saturated heterocycles. The minimum Gasteiger partial charge on any atom is -0.508 e. The van der Waals surface area contributed by atoms with Crippen LogP contribution in [-0.2, 0) is 6.42 Å². The summed E-state index contributed by atoms with van der Waals surface area (Å²) in [5.74, 6) is 1.60. The third-order valence-electron chi connectivity index (χ3n) is 2.65. The van der Waals surface area contributed by atoms with Crippen LogP contribution in [0.3, 0.4) is 0 Å². The second-order valence-corrected chi connectivity index (χ2v) is 4.94. The number of phenols is 1. The molecule has 2 aromatic rings. The van der Waals surface area contributed by atoms with Crippen LogP contribution in [0.25, 0.3) is 11.4 Å². The summed E-state index contributed by atoms with van der Waals surface area (Å²) >= 11 is 1.55. The molecule has 0 aliphatic carbocycles. The summed E-state index contributed by atoms with van der Waals surface area (Å²) in [6.45, 7) is 0. The minimum absolute atomic E-state index is 0.0872. The standard InChI is InChI=1S/C12H10N2O2S/c15-8-3-1-2-7(6-8)11-13-9-4-5-17-10(9)12(16)14-11/h1-3,6,15H,4-5H2,(H,13,14,16). The van der Waals surface area contributed by atoms with E-state index in [0.29, 0.717) is 5.82 Å². The molecule has 0 atom stereocenters. The van der Waals surface area contributed by atoms with Crippen molar-refractivity contribution in [1.82, 2.24) is 9.97 Å². The number of hydrogen-bond donors (Lipinski definition) is 2. The van der Waals surface area contributed by atoms with Crippen molar-refractivity contribution in [3.63, 3.8) is 0 Å². The van der Waals surface area contributed by atoms with Crippen molar-refractivity contribution in [2.45, 2.75) is 11.3 Å². The van der Waals surface area contributed by atoms with E-state index in [4.69, 9.17) is 0 Å². The normalized spacial score (nSPS) is 13.6. The highest BCUT2D eigenvalue weighted by Crippen LogP contribution is 2.28. The van der Waals surface area contributed by atoms with Crippen molar-refractivity contribution >= 4 is 11.8 Å². The lowest BCUT2D eigenvalue weighted by atomic mass is 10.2. The molecule has 0 spiro atoms. The number of nitrogens with zero attached hydrogens (tertiary/aromatic N) is 1. The summed E-state index contributed by atoms with van der Waals surface area (Å²) in [6, 6.07) is 6.72. The van der Waals surface area contributed by atoms with Crippen LogP contribution < -0.4 is 5.56 Å². The fourth-order valence-electron chi connectivity index (χ4n) is 1.87. The van der Waals surface area contributed by atoms with E-state index in [9.17, 15) is 9.90 Å². The summed E-state index contributed by atoms with van der Waals surface area (Å²) in [6.07, 6.45) is 0.829. The third kappa shape index (κ3) is 1.82. The topological polar surface area (TPSA) is 66.0 Å². The van der Waals surface area contributed by atoms with Crippen molar-refractivity contribution in [2.75, 3.05) is 5.75 Å². The van der Waals surface area contributed by atoms with Crippen LogP contribution in [0.4, 0.5) is 0 Å². The van der Waals surface area contributed by atoms with Crippen LogP contribution in [-0.4, -0.2) is 20.8 Å². The van der Waals surface area contributed by atoms with Crippen LogP contribution in [0.2, 0.25) is 0 Å². The average molecular weight is 246 g/mol. The van der Waals surface area contributed by atoms with E-state index in [1.807, 2.05) is 6.07 Å². The minimum atomic E-state index is -0.0872. The van der Waals surface area contributed by atoms with Gasteiger partial charge in [0.2, 0.25) is 0 Å². The number of benzene rings is 1. The molecule has 86 valence electrons. The molecule has 2 N–H and O–H groups in total. The zero-order valence-electron chi connectivity index (χ0n) is 8.93. The first kappa shape index (κ1) is 10.4. The Kier molecular flexibility index (Phi) is 2.40. The number of aromatic hydroxyl groups is 1. The highest BCUT2D eigenvalue weighted by atomic mass is 32.2. The molecule has 1 aliphatic heterocycles. The van der Waals surface area contributed by atoms with Crippen molar-refractivity contribution in [2.24, 2.45) is 0 Å². The van der Waals surface area contributed by atoms with Crippen LogP contribution in [0.15, 0.2) is 34.0 Å². The SMILES string of the molecule is O=c1[nH]c(-c2cccc(O)c2)nc2c1SCC2. The number of aromatic amines is 1. The number of aromatic nitrogens is 2. The zero-order valence-corrected chi connectivity index (χ0v) is 9.75. The lowest BCUT2D eigenvalue weighted by molar-refractivity contribution is 0.475. The number of phenolic OH excluding ortho intramolecular Hbond substituents is 1. The van der Waals surface area contributed by atoms with E-state index in [1.54, 1.807) is 30.0 Å². The van der Waals surface area contributed by atoms with Gasteiger partial charge in [-0.3, -0.25) is 4.79 Å². The Morgan fingerprint density at radius 1 is 1.41 bits per heavy atom. The fourth-order valence-corrected chi connectivity index (χ4v) is 2.86. The van der Waals surface area contributed by atoms with Crippen molar-refractivity contribution in [3.05, 3.63) is 40.3 Å². The first-order valence-corrected chi connectivity index (χ1v) is 6.28. The molecule has 0 fully saturated rings. The van der Waals surface area contributed by atoms with E-state index in [-0.39, 0.29) is 11.3 Å². The fraction of sp³-hybridized carbons (Fsp3) is 0.167. The van der Waals surface area contributed by atoms with Crippen molar-refractivity contribution < 1.29 is 5.11 Å². The highest BCUT2D eigenvalue weighted by molar-refractivity contribution is 7.99. The van der Waals surface area contributed by atoms with Crippen LogP contribution in [0, 0.1) is 0 Å². The molecule has 4 nitrogen and oxygen atoms in total. The second kappa shape index (κ2) is 3.92. The van der Waals surface area contributed by atoms with E-state index in [0.717, 1.165) is 28.3 Å². The van der Waals surface area contributed by atoms with Gasteiger partial charge >= 0.3 is 0 Å². The molecule has 0 radical (unpaired) electrons. The molecular weight excluding hydrogens is 236 g/mol. The highest BCUT2D eigenvalue weighted by Gasteiger charge is 2.18. The molecule has 2 heterocycles. The smallest absolute Gasteiger partial charge is 0.265 e. The molecular formula is C12H10N2O2S. The van der Waals surface area contributed by atoms with Gasteiger partial charge in [-0.05, 0) is 12.1 Å². The molecule has 1 aliphatic rings. The summed E-state index contributed by atoms with van der Waals surface area (Å²) < 4.78 is 0. The Balaban J connectivity index is 2.16. The van der Waals surface area contributed by atoms with Gasteiger partial charge in [-0.25, -0.2) is 4.98 Å². The first-order chi connectivity index (χ1) is 8.24. The molecule has 1 aromatic heterocycles. The lowest BCUT2D eigenvalue weighted by Crippen LogP contribution is -2.12. The first-order valence-electron chi connectivity index (χ1n) is 5.29. The van der Waals surface area contributed by atoms with E-state index in [1.165, 1.54) is 0 Å². The monoisotopic (exact) mass is 246 g/mol. The van der Waals surface area contributed by atoms with Gasteiger partial charge < -0.3 is 10.1 Å². The van der Waals surface area contributed by atoms with E-state index >= 15 is 0 Å². The number of thioether (sulfide) groups is 1. The van der Waals surface area contributed by atoms with Crippen LogP contribution in [0.5, 0.6) is 5.75 Å². The summed E-state index contributed by atoms with van der Waals surface area (Å²) in [4.78, 5) is 19.7. The molecule has 0 unspecified atom stereocenters. The van der Waals surface area contributed by atoms with Crippen LogP contribution >= 0.6 is 11.8 Å². The predicted octanol–water partition coefficient (Wildman–Crippen LogP) is 1.79. The largest absolute Gasteiger partial charge is 0.508 e. The summed E-state index contributed by atoms with van der Waals surface area (Å²) in [5, 5.41) is 9.41. The van der Waals surface area contributed by atoms with Crippen molar-refractivity contribution in [3.8, 4) is 17.1 Å². The van der Waals surface area contributed by atoms with Gasteiger partial charge in [0.25, 0.3) is 5.56 Å². The second-order valence-electron chi connectivity index (χ2n) is 3.84. The molecule has 1 aromatic carbocycles.